The fourth-order valence-electron chi connectivity index (χ4n) is 3.45. The van der Waals surface area contributed by atoms with Crippen LogP contribution in [0.4, 0.5) is 18.9 Å². The minimum Gasteiger partial charge on any atom is -0.493 e. The Morgan fingerprint density at radius 2 is 1.91 bits per heavy atom. The SMILES string of the molecule is CCOC(=O)CC1OC(c2cccc(OC)c2OC)c2cc(OC(F)(F)F)ccc2NC1=S. The van der Waals surface area contributed by atoms with Crippen molar-refractivity contribution in [1.82, 2.24) is 0 Å². The van der Waals surface area contributed by atoms with Gasteiger partial charge in [-0.1, -0.05) is 24.4 Å². The molecule has 11 heteroatoms. The minimum absolute atomic E-state index is 0.178. The third-order valence-corrected chi connectivity index (χ3v) is 5.13. The number of para-hydroxylation sites is 1. The van der Waals surface area contributed by atoms with Crippen LogP contribution in [-0.4, -0.2) is 44.3 Å². The average molecular weight is 485 g/mol. The zero-order valence-electron chi connectivity index (χ0n) is 18.0. The smallest absolute Gasteiger partial charge is 0.493 e. The van der Waals surface area contributed by atoms with E-state index in [0.29, 0.717) is 28.3 Å². The Labute approximate surface area is 193 Å². The Bertz CT molecular complexity index is 1030. The highest BCUT2D eigenvalue weighted by molar-refractivity contribution is 7.80. The molecule has 178 valence electrons. The van der Waals surface area contributed by atoms with E-state index < -0.39 is 30.3 Å². The van der Waals surface area contributed by atoms with Gasteiger partial charge in [0.15, 0.2) is 11.5 Å². The number of carbonyl (C=O) groups is 1. The third-order valence-electron chi connectivity index (χ3n) is 4.76. The molecule has 0 amide bonds. The highest BCUT2D eigenvalue weighted by Gasteiger charge is 2.35. The molecule has 0 aliphatic carbocycles. The molecule has 1 aliphatic rings. The van der Waals surface area contributed by atoms with E-state index in [0.717, 1.165) is 6.07 Å². The van der Waals surface area contributed by atoms with Crippen LogP contribution in [-0.2, 0) is 14.3 Å². The highest BCUT2D eigenvalue weighted by Crippen LogP contribution is 2.44. The van der Waals surface area contributed by atoms with Gasteiger partial charge in [0.1, 0.15) is 22.9 Å². The topological polar surface area (TPSA) is 75.3 Å². The molecule has 1 N–H and O–H groups in total. The van der Waals surface area contributed by atoms with Crippen LogP contribution in [0.5, 0.6) is 17.2 Å². The van der Waals surface area contributed by atoms with E-state index >= 15 is 0 Å². The van der Waals surface area contributed by atoms with Crippen molar-refractivity contribution in [3.05, 3.63) is 47.5 Å². The van der Waals surface area contributed by atoms with Gasteiger partial charge in [-0.3, -0.25) is 4.79 Å². The van der Waals surface area contributed by atoms with Gasteiger partial charge < -0.3 is 29.0 Å². The molecule has 33 heavy (non-hydrogen) atoms. The van der Waals surface area contributed by atoms with Crippen LogP contribution < -0.4 is 19.5 Å². The molecule has 0 radical (unpaired) electrons. The standard InChI is InChI=1S/C22H22F3NO6S/c1-4-30-18(27)11-17-21(33)26-15-9-8-12(32-22(23,24)25)10-14(15)19(31-17)13-6-5-7-16(28-2)20(13)29-3/h5-10,17,19H,4,11H2,1-3H3,(H,26,33). The number of fused-ring (bicyclic) bond motifs is 1. The zero-order valence-corrected chi connectivity index (χ0v) is 18.8. The van der Waals surface area contributed by atoms with Crippen molar-refractivity contribution in [2.75, 3.05) is 26.1 Å². The number of hydrogen-bond acceptors (Lipinski definition) is 7. The summed E-state index contributed by atoms with van der Waals surface area (Å²) in [6.45, 7) is 1.85. The molecule has 0 saturated carbocycles. The van der Waals surface area contributed by atoms with E-state index in [1.807, 2.05) is 0 Å². The first-order valence-corrected chi connectivity index (χ1v) is 10.3. The molecular formula is C22H22F3NO6S. The molecule has 7 nitrogen and oxygen atoms in total. The number of methoxy groups -OCH3 is 2. The van der Waals surface area contributed by atoms with Crippen molar-refractivity contribution in [3.8, 4) is 17.2 Å². The second-order valence-corrected chi connectivity index (χ2v) is 7.32. The summed E-state index contributed by atoms with van der Waals surface area (Å²) in [5, 5.41) is 2.97. The minimum atomic E-state index is -4.88. The summed E-state index contributed by atoms with van der Waals surface area (Å²) in [6, 6.07) is 8.80. The molecule has 0 aromatic heterocycles. The summed E-state index contributed by atoms with van der Waals surface area (Å²) in [5.74, 6) is -0.256. The van der Waals surface area contributed by atoms with Crippen LogP contribution in [0.15, 0.2) is 36.4 Å². The average Bonchev–Trinajstić information content (AvgIpc) is 2.88. The Morgan fingerprint density at radius 1 is 1.15 bits per heavy atom. The predicted molar refractivity (Wildman–Crippen MR) is 117 cm³/mol. The first-order valence-electron chi connectivity index (χ1n) is 9.89. The van der Waals surface area contributed by atoms with Crippen molar-refractivity contribution < 1.29 is 41.7 Å². The number of carbonyl (C=O) groups excluding carboxylic acids is 1. The van der Waals surface area contributed by atoms with E-state index in [1.54, 1.807) is 25.1 Å². The largest absolute Gasteiger partial charge is 0.573 e. The van der Waals surface area contributed by atoms with E-state index in [4.69, 9.17) is 31.2 Å². The van der Waals surface area contributed by atoms with Gasteiger partial charge in [-0.2, -0.15) is 0 Å². The Hall–Kier alpha value is -3.05. The van der Waals surface area contributed by atoms with Crippen LogP contribution in [0.2, 0.25) is 0 Å². The molecule has 1 heterocycles. The lowest BCUT2D eigenvalue weighted by molar-refractivity contribution is -0.274. The number of rotatable bonds is 7. The molecular weight excluding hydrogens is 463 g/mol. The molecule has 1 aliphatic heterocycles. The van der Waals surface area contributed by atoms with Crippen LogP contribution >= 0.6 is 12.2 Å². The summed E-state index contributed by atoms with van der Waals surface area (Å²) >= 11 is 5.41. The van der Waals surface area contributed by atoms with E-state index in [2.05, 4.69) is 10.1 Å². The molecule has 2 aromatic rings. The van der Waals surface area contributed by atoms with Crippen LogP contribution in [0.1, 0.15) is 30.6 Å². The van der Waals surface area contributed by atoms with Gasteiger partial charge in [0.2, 0.25) is 0 Å². The van der Waals surface area contributed by atoms with Gasteiger partial charge in [-0.15, -0.1) is 13.2 Å². The summed E-state index contributed by atoms with van der Waals surface area (Å²) in [7, 11) is 2.89. The van der Waals surface area contributed by atoms with Gasteiger partial charge in [-0.05, 0) is 31.2 Å². The first-order chi connectivity index (χ1) is 15.7. The number of thiocarbonyl (C=S) groups is 1. The lowest BCUT2D eigenvalue weighted by Gasteiger charge is -2.25. The number of anilines is 1. The fourth-order valence-corrected chi connectivity index (χ4v) is 3.70. The number of benzene rings is 2. The molecule has 0 saturated heterocycles. The van der Waals surface area contributed by atoms with Crippen molar-refractivity contribution in [2.24, 2.45) is 0 Å². The lowest BCUT2D eigenvalue weighted by Crippen LogP contribution is -2.31. The summed E-state index contributed by atoms with van der Waals surface area (Å²) in [6.07, 6.45) is -6.96. The number of nitrogens with one attached hydrogen (secondary N) is 1. The molecule has 2 aromatic carbocycles. The lowest BCUT2D eigenvalue weighted by atomic mass is 9.98. The van der Waals surface area contributed by atoms with Crippen molar-refractivity contribution in [3.63, 3.8) is 0 Å². The third kappa shape index (κ3) is 5.85. The maximum Gasteiger partial charge on any atom is 0.573 e. The van der Waals surface area contributed by atoms with Gasteiger partial charge in [0.05, 0.1) is 27.2 Å². The maximum absolute atomic E-state index is 12.9. The number of esters is 1. The molecule has 0 spiro atoms. The fraction of sp³-hybridized carbons (Fsp3) is 0.364. The molecule has 2 atom stereocenters. The highest BCUT2D eigenvalue weighted by atomic mass is 32.1. The summed E-state index contributed by atoms with van der Waals surface area (Å²) in [5.41, 5.74) is 1.16. The van der Waals surface area contributed by atoms with Crippen molar-refractivity contribution in [1.29, 1.82) is 0 Å². The summed E-state index contributed by atoms with van der Waals surface area (Å²) < 4.78 is 64.7. The predicted octanol–water partition coefficient (Wildman–Crippen LogP) is 4.78. The van der Waals surface area contributed by atoms with Crippen LogP contribution in [0.25, 0.3) is 0 Å². The van der Waals surface area contributed by atoms with Gasteiger partial charge in [-0.25, -0.2) is 0 Å². The van der Waals surface area contributed by atoms with E-state index in [-0.39, 0.29) is 18.0 Å². The number of halogens is 3. The second-order valence-electron chi connectivity index (χ2n) is 6.88. The van der Waals surface area contributed by atoms with Gasteiger partial charge in [0.25, 0.3) is 0 Å². The second kappa shape index (κ2) is 10.3. The number of alkyl halides is 3. The van der Waals surface area contributed by atoms with Gasteiger partial charge in [0, 0.05) is 16.8 Å². The van der Waals surface area contributed by atoms with E-state index in [9.17, 15) is 18.0 Å². The monoisotopic (exact) mass is 485 g/mol. The van der Waals surface area contributed by atoms with Crippen molar-refractivity contribution >= 4 is 28.9 Å². The first kappa shape index (κ1) is 24.6. The maximum atomic E-state index is 12.9. The molecule has 2 unspecified atom stereocenters. The van der Waals surface area contributed by atoms with Crippen LogP contribution in [0, 0.1) is 0 Å². The Morgan fingerprint density at radius 3 is 2.55 bits per heavy atom. The molecule has 3 rings (SSSR count). The quantitative estimate of drug-likeness (QED) is 0.444. The van der Waals surface area contributed by atoms with Gasteiger partial charge >= 0.3 is 12.3 Å². The van der Waals surface area contributed by atoms with Crippen LogP contribution in [0.3, 0.4) is 0 Å². The molecule has 0 bridgehead atoms. The zero-order chi connectivity index (χ0) is 24.2. The normalized spacial score (nSPS) is 17.9. The summed E-state index contributed by atoms with van der Waals surface area (Å²) in [4.78, 5) is 12.3. The molecule has 0 fully saturated rings. The van der Waals surface area contributed by atoms with Crippen molar-refractivity contribution in [2.45, 2.75) is 31.9 Å². The Balaban J connectivity index is 2.13. The number of hydrogen-bond donors (Lipinski definition) is 1. The van der Waals surface area contributed by atoms with E-state index in [1.165, 1.54) is 26.4 Å². The number of ether oxygens (including phenoxy) is 5. The Kier molecular flexibility index (Phi) is 7.65.